The molecular formula is C50H100NO8P. The van der Waals surface area contributed by atoms with E-state index >= 15 is 0 Å². The predicted molar refractivity (Wildman–Crippen MR) is 252 cm³/mol. The van der Waals surface area contributed by atoms with Gasteiger partial charge < -0.3 is 20.1 Å². The van der Waals surface area contributed by atoms with Gasteiger partial charge in [-0.15, -0.1) is 0 Å². The van der Waals surface area contributed by atoms with Crippen molar-refractivity contribution in [3.05, 3.63) is 0 Å². The van der Waals surface area contributed by atoms with Gasteiger partial charge in [-0.05, 0) is 12.8 Å². The molecule has 3 N–H and O–H groups in total. The minimum Gasteiger partial charge on any atom is -0.462 e. The van der Waals surface area contributed by atoms with E-state index in [2.05, 4.69) is 13.8 Å². The maximum atomic E-state index is 12.6. The third kappa shape index (κ3) is 46.5. The molecule has 0 saturated carbocycles. The van der Waals surface area contributed by atoms with E-state index < -0.39 is 26.5 Å². The van der Waals surface area contributed by atoms with Gasteiger partial charge in [-0.25, -0.2) is 4.57 Å². The molecule has 9 nitrogen and oxygen atoms in total. The Morgan fingerprint density at radius 1 is 0.433 bits per heavy atom. The molecule has 0 heterocycles. The number of carbonyl (C=O) groups is 2. The summed E-state index contributed by atoms with van der Waals surface area (Å²) in [6, 6.07) is 0. The Kier molecular flexibility index (Phi) is 46.7. The highest BCUT2D eigenvalue weighted by Gasteiger charge is 2.26. The Bertz CT molecular complexity index is 953. The molecule has 358 valence electrons. The minimum absolute atomic E-state index is 0.0583. The lowest BCUT2D eigenvalue weighted by Gasteiger charge is -2.19. The molecule has 0 aliphatic heterocycles. The van der Waals surface area contributed by atoms with Crippen molar-refractivity contribution in [1.82, 2.24) is 0 Å². The lowest BCUT2D eigenvalue weighted by Crippen LogP contribution is -2.29. The van der Waals surface area contributed by atoms with Gasteiger partial charge in [0.2, 0.25) is 0 Å². The van der Waals surface area contributed by atoms with Crippen LogP contribution in [0.3, 0.4) is 0 Å². The summed E-state index contributed by atoms with van der Waals surface area (Å²) in [5.41, 5.74) is 5.37. The summed E-state index contributed by atoms with van der Waals surface area (Å²) in [5.74, 6) is -0.807. The summed E-state index contributed by atoms with van der Waals surface area (Å²) >= 11 is 0. The van der Waals surface area contributed by atoms with Crippen LogP contribution in [0.2, 0.25) is 0 Å². The molecule has 0 radical (unpaired) electrons. The summed E-state index contributed by atoms with van der Waals surface area (Å²) in [7, 11) is -4.37. The first-order chi connectivity index (χ1) is 29.3. The zero-order valence-electron chi connectivity index (χ0n) is 39.7. The van der Waals surface area contributed by atoms with E-state index in [1.54, 1.807) is 0 Å². The molecule has 0 aromatic carbocycles. The van der Waals surface area contributed by atoms with E-state index in [0.29, 0.717) is 6.42 Å². The molecule has 0 aromatic heterocycles. The third-order valence-corrected chi connectivity index (χ3v) is 12.7. The highest BCUT2D eigenvalue weighted by atomic mass is 31.2. The molecule has 0 amide bonds. The molecule has 0 fully saturated rings. The Morgan fingerprint density at radius 2 is 0.717 bits per heavy atom. The molecule has 60 heavy (non-hydrogen) atoms. The normalized spacial score (nSPS) is 13.1. The number of carbonyl (C=O) groups excluding carboxylic acids is 2. The maximum absolute atomic E-state index is 12.6. The molecule has 2 atom stereocenters. The molecule has 0 aliphatic carbocycles. The molecular weight excluding hydrogens is 774 g/mol. The second-order valence-electron chi connectivity index (χ2n) is 17.8. The maximum Gasteiger partial charge on any atom is 0.472 e. The number of hydrogen-bond acceptors (Lipinski definition) is 8. The van der Waals surface area contributed by atoms with Crippen molar-refractivity contribution in [3.8, 4) is 0 Å². The van der Waals surface area contributed by atoms with Gasteiger partial charge in [-0.1, -0.05) is 251 Å². The van der Waals surface area contributed by atoms with Crippen LogP contribution in [-0.4, -0.2) is 49.3 Å². The Hall–Kier alpha value is -0.990. The van der Waals surface area contributed by atoms with Crippen molar-refractivity contribution in [2.75, 3.05) is 26.4 Å². The van der Waals surface area contributed by atoms with Crippen LogP contribution in [0.4, 0.5) is 0 Å². The largest absolute Gasteiger partial charge is 0.472 e. The average Bonchev–Trinajstić information content (AvgIpc) is 3.24. The number of phosphoric acid groups is 1. The fourth-order valence-corrected chi connectivity index (χ4v) is 8.64. The fraction of sp³-hybridized carbons (Fsp3) is 0.960. The van der Waals surface area contributed by atoms with Gasteiger partial charge in [0.1, 0.15) is 6.61 Å². The van der Waals surface area contributed by atoms with Crippen molar-refractivity contribution in [3.63, 3.8) is 0 Å². The van der Waals surface area contributed by atoms with E-state index in [9.17, 15) is 19.0 Å². The standard InChI is InChI=1S/C50H100NO8P/c1-3-5-7-9-11-13-15-17-19-20-21-22-23-24-25-26-27-28-29-31-33-35-37-39-41-43-50(53)59-48(47-58-60(54,55)57-45-44-51)46-56-49(52)42-40-38-36-34-32-30-18-16-14-12-10-8-6-4-2/h48H,3-47,51H2,1-2H3,(H,54,55). The Morgan fingerprint density at radius 3 is 1.02 bits per heavy atom. The van der Waals surface area contributed by atoms with Crippen molar-refractivity contribution < 1.29 is 37.6 Å². The van der Waals surface area contributed by atoms with Crippen LogP contribution in [0, 0.1) is 0 Å². The lowest BCUT2D eigenvalue weighted by atomic mass is 10.0. The lowest BCUT2D eigenvalue weighted by molar-refractivity contribution is -0.161. The van der Waals surface area contributed by atoms with E-state index in [4.69, 9.17) is 24.3 Å². The topological polar surface area (TPSA) is 134 Å². The minimum atomic E-state index is -4.37. The smallest absolute Gasteiger partial charge is 0.462 e. The molecule has 2 unspecified atom stereocenters. The van der Waals surface area contributed by atoms with E-state index in [0.717, 1.165) is 32.1 Å². The molecule has 0 rings (SSSR count). The van der Waals surface area contributed by atoms with E-state index in [1.165, 1.54) is 212 Å². The molecule has 10 heteroatoms. The molecule has 0 aromatic rings. The second-order valence-corrected chi connectivity index (χ2v) is 19.2. The first kappa shape index (κ1) is 59.0. The summed E-state index contributed by atoms with van der Waals surface area (Å²) in [4.78, 5) is 35.0. The number of esters is 2. The number of nitrogens with two attached hydrogens (primary N) is 1. The van der Waals surface area contributed by atoms with Gasteiger partial charge in [0, 0.05) is 19.4 Å². The number of unbranched alkanes of at least 4 members (excludes halogenated alkanes) is 37. The van der Waals surface area contributed by atoms with Crippen LogP contribution in [-0.2, 0) is 32.7 Å². The SMILES string of the molecule is CCCCCCCCCCCCCCCCCCCCCCCCCCCC(=O)OC(COC(=O)CCCCCCCCCCCCCCCC)COP(=O)(O)OCCN. The van der Waals surface area contributed by atoms with Gasteiger partial charge in [-0.3, -0.25) is 18.6 Å². The number of hydrogen-bond donors (Lipinski definition) is 2. The summed E-state index contributed by atoms with van der Waals surface area (Å²) < 4.78 is 32.9. The number of rotatable bonds is 50. The Labute approximate surface area is 371 Å². The summed E-state index contributed by atoms with van der Waals surface area (Å²) in [6.07, 6.45) is 50.1. The van der Waals surface area contributed by atoms with Crippen molar-refractivity contribution in [1.29, 1.82) is 0 Å². The number of ether oxygens (including phenoxy) is 2. The highest BCUT2D eigenvalue weighted by Crippen LogP contribution is 2.43. The van der Waals surface area contributed by atoms with Crippen molar-refractivity contribution in [2.45, 2.75) is 283 Å². The van der Waals surface area contributed by atoms with Crippen LogP contribution < -0.4 is 5.73 Å². The zero-order chi connectivity index (χ0) is 43.9. The van der Waals surface area contributed by atoms with Gasteiger partial charge in [0.25, 0.3) is 0 Å². The summed E-state index contributed by atoms with van der Waals surface area (Å²) in [6.45, 7) is 3.80. The fourth-order valence-electron chi connectivity index (χ4n) is 7.87. The average molecular weight is 874 g/mol. The van der Waals surface area contributed by atoms with Crippen molar-refractivity contribution >= 4 is 19.8 Å². The summed E-state index contributed by atoms with van der Waals surface area (Å²) in [5, 5.41) is 0. The first-order valence-corrected chi connectivity index (χ1v) is 27.5. The highest BCUT2D eigenvalue weighted by molar-refractivity contribution is 7.47. The van der Waals surface area contributed by atoms with Crippen LogP contribution >= 0.6 is 7.82 Å². The molecule has 0 spiro atoms. The monoisotopic (exact) mass is 874 g/mol. The van der Waals surface area contributed by atoms with E-state index in [1.807, 2.05) is 0 Å². The van der Waals surface area contributed by atoms with E-state index in [-0.39, 0.29) is 38.6 Å². The molecule has 0 saturated heterocycles. The van der Waals surface area contributed by atoms with Gasteiger partial charge in [0.15, 0.2) is 6.10 Å². The quantitative estimate of drug-likeness (QED) is 0.0348. The first-order valence-electron chi connectivity index (χ1n) is 26.0. The van der Waals surface area contributed by atoms with Crippen LogP contribution in [0.25, 0.3) is 0 Å². The van der Waals surface area contributed by atoms with Gasteiger partial charge >= 0.3 is 19.8 Å². The van der Waals surface area contributed by atoms with Gasteiger partial charge in [-0.2, -0.15) is 0 Å². The van der Waals surface area contributed by atoms with Crippen LogP contribution in [0.1, 0.15) is 277 Å². The zero-order valence-corrected chi connectivity index (χ0v) is 40.6. The van der Waals surface area contributed by atoms with Crippen LogP contribution in [0.15, 0.2) is 0 Å². The van der Waals surface area contributed by atoms with Gasteiger partial charge in [0.05, 0.1) is 13.2 Å². The second kappa shape index (κ2) is 47.5. The number of phosphoric ester groups is 1. The van der Waals surface area contributed by atoms with Crippen molar-refractivity contribution in [2.24, 2.45) is 5.73 Å². The van der Waals surface area contributed by atoms with Crippen LogP contribution in [0.5, 0.6) is 0 Å². The third-order valence-electron chi connectivity index (χ3n) is 11.7. The molecule has 0 bridgehead atoms. The predicted octanol–water partition coefficient (Wildman–Crippen LogP) is 15.6. The Balaban J connectivity index is 3.93. The molecule has 0 aliphatic rings.